The third-order valence-corrected chi connectivity index (χ3v) is 3.02. The summed E-state index contributed by atoms with van der Waals surface area (Å²) in [5.41, 5.74) is -0.00926. The summed E-state index contributed by atoms with van der Waals surface area (Å²) in [6, 6.07) is 1.84. The monoisotopic (exact) mass is 224 g/mol. The molecule has 4 nitrogen and oxygen atoms in total. The number of anilines is 1. The summed E-state index contributed by atoms with van der Waals surface area (Å²) in [6.45, 7) is 3.54. The molecule has 1 N–H and O–H groups in total. The number of hydrogen-bond donors (Lipinski definition) is 1. The normalized spacial score (nSPS) is 20.3. The standard InChI is InChI=1S/C10H12N2O2S/c1-10(2)9(14)12(5-8(13)11-10)7-3-4-15-6-7/h3-4,6H,5H2,1-2H3,(H,11,13). The second-order valence-corrected chi connectivity index (χ2v) is 4.83. The minimum absolute atomic E-state index is 0.0690. The molecular weight excluding hydrogens is 212 g/mol. The summed E-state index contributed by atoms with van der Waals surface area (Å²) >= 11 is 1.51. The molecule has 15 heavy (non-hydrogen) atoms. The van der Waals surface area contributed by atoms with E-state index in [2.05, 4.69) is 5.32 Å². The lowest BCUT2D eigenvalue weighted by molar-refractivity contribution is -0.134. The molecule has 1 aliphatic heterocycles. The van der Waals surface area contributed by atoms with E-state index >= 15 is 0 Å². The Balaban J connectivity index is 2.33. The fraction of sp³-hybridized carbons (Fsp3) is 0.400. The van der Waals surface area contributed by atoms with Crippen LogP contribution in [0.4, 0.5) is 5.69 Å². The molecule has 80 valence electrons. The SMILES string of the molecule is CC1(C)NC(=O)CN(c2ccsc2)C1=O. The van der Waals surface area contributed by atoms with E-state index in [4.69, 9.17) is 0 Å². The predicted octanol–water partition coefficient (Wildman–Crippen LogP) is 0.989. The van der Waals surface area contributed by atoms with Crippen LogP contribution in [0.25, 0.3) is 0 Å². The van der Waals surface area contributed by atoms with Gasteiger partial charge in [-0.1, -0.05) is 0 Å². The Morgan fingerprint density at radius 3 is 2.80 bits per heavy atom. The summed E-state index contributed by atoms with van der Waals surface area (Å²) in [5.74, 6) is -0.189. The number of rotatable bonds is 1. The molecule has 0 spiro atoms. The number of carbonyl (C=O) groups excluding carboxylic acids is 2. The van der Waals surface area contributed by atoms with E-state index in [1.807, 2.05) is 16.8 Å². The van der Waals surface area contributed by atoms with Gasteiger partial charge in [0.05, 0.1) is 5.69 Å². The molecule has 0 aliphatic carbocycles. The van der Waals surface area contributed by atoms with Crippen LogP contribution in [0.2, 0.25) is 0 Å². The van der Waals surface area contributed by atoms with Crippen molar-refractivity contribution in [2.45, 2.75) is 19.4 Å². The van der Waals surface area contributed by atoms with Crippen LogP contribution in [-0.2, 0) is 9.59 Å². The fourth-order valence-electron chi connectivity index (χ4n) is 1.61. The van der Waals surface area contributed by atoms with Crippen molar-refractivity contribution in [3.05, 3.63) is 16.8 Å². The molecule has 2 rings (SSSR count). The van der Waals surface area contributed by atoms with Gasteiger partial charge in [-0.05, 0) is 25.3 Å². The first kappa shape index (κ1) is 10.2. The molecule has 5 heteroatoms. The molecule has 2 heterocycles. The molecule has 0 unspecified atom stereocenters. The molecule has 1 aromatic rings. The second kappa shape index (κ2) is 3.34. The van der Waals surface area contributed by atoms with Crippen molar-refractivity contribution in [1.82, 2.24) is 5.32 Å². The van der Waals surface area contributed by atoms with Crippen LogP contribution < -0.4 is 10.2 Å². The van der Waals surface area contributed by atoms with Gasteiger partial charge < -0.3 is 10.2 Å². The zero-order valence-electron chi connectivity index (χ0n) is 8.61. The highest BCUT2D eigenvalue weighted by Gasteiger charge is 2.39. The highest BCUT2D eigenvalue weighted by atomic mass is 32.1. The topological polar surface area (TPSA) is 49.4 Å². The highest BCUT2D eigenvalue weighted by molar-refractivity contribution is 7.08. The largest absolute Gasteiger partial charge is 0.341 e. The smallest absolute Gasteiger partial charge is 0.252 e. The molecule has 1 aliphatic rings. The molecule has 2 amide bonds. The van der Waals surface area contributed by atoms with Gasteiger partial charge in [0.2, 0.25) is 5.91 Å². The average molecular weight is 224 g/mol. The first-order chi connectivity index (χ1) is 7.00. The van der Waals surface area contributed by atoms with Gasteiger partial charge in [0.25, 0.3) is 5.91 Å². The highest BCUT2D eigenvalue weighted by Crippen LogP contribution is 2.23. The summed E-state index contributed by atoms with van der Waals surface area (Å²) in [4.78, 5) is 25.0. The maximum Gasteiger partial charge on any atom is 0.252 e. The van der Waals surface area contributed by atoms with Crippen molar-refractivity contribution in [1.29, 1.82) is 0 Å². The van der Waals surface area contributed by atoms with Gasteiger partial charge in [0.1, 0.15) is 12.1 Å². The number of nitrogens with zero attached hydrogens (tertiary/aromatic N) is 1. The van der Waals surface area contributed by atoms with Crippen molar-refractivity contribution in [2.75, 3.05) is 11.4 Å². The summed E-state index contributed by atoms with van der Waals surface area (Å²) in [5, 5.41) is 6.43. The van der Waals surface area contributed by atoms with Gasteiger partial charge in [0.15, 0.2) is 0 Å². The number of hydrogen-bond acceptors (Lipinski definition) is 3. The molecule has 1 aromatic heterocycles. The molecule has 0 atom stereocenters. The van der Waals surface area contributed by atoms with Crippen LogP contribution >= 0.6 is 11.3 Å². The lowest BCUT2D eigenvalue weighted by Gasteiger charge is -2.36. The van der Waals surface area contributed by atoms with Crippen LogP contribution in [0.5, 0.6) is 0 Å². The van der Waals surface area contributed by atoms with Gasteiger partial charge in [-0.15, -0.1) is 0 Å². The van der Waals surface area contributed by atoms with E-state index in [9.17, 15) is 9.59 Å². The number of thiophene rings is 1. The van der Waals surface area contributed by atoms with E-state index in [0.717, 1.165) is 5.69 Å². The summed E-state index contributed by atoms with van der Waals surface area (Å²) < 4.78 is 0. The van der Waals surface area contributed by atoms with Gasteiger partial charge in [-0.3, -0.25) is 9.59 Å². The third kappa shape index (κ3) is 1.74. The van der Waals surface area contributed by atoms with Gasteiger partial charge >= 0.3 is 0 Å². The van der Waals surface area contributed by atoms with Crippen molar-refractivity contribution in [3.8, 4) is 0 Å². The Bertz CT molecular complexity index is 398. The van der Waals surface area contributed by atoms with E-state index in [1.165, 1.54) is 16.2 Å². The average Bonchev–Trinajstić information content (AvgIpc) is 2.63. The molecular formula is C10H12N2O2S. The Labute approximate surface area is 91.9 Å². The van der Waals surface area contributed by atoms with Gasteiger partial charge in [-0.2, -0.15) is 11.3 Å². The maximum atomic E-state index is 12.0. The maximum absolute atomic E-state index is 12.0. The van der Waals surface area contributed by atoms with E-state index < -0.39 is 5.54 Å². The first-order valence-corrected chi connectivity index (χ1v) is 5.60. The van der Waals surface area contributed by atoms with Crippen LogP contribution in [0, 0.1) is 0 Å². The zero-order chi connectivity index (χ0) is 11.1. The number of carbonyl (C=O) groups is 2. The van der Waals surface area contributed by atoms with Crippen LogP contribution in [0.3, 0.4) is 0 Å². The quantitative estimate of drug-likeness (QED) is 0.773. The number of amides is 2. The predicted molar refractivity (Wildman–Crippen MR) is 58.9 cm³/mol. The second-order valence-electron chi connectivity index (χ2n) is 4.05. The van der Waals surface area contributed by atoms with Crippen molar-refractivity contribution in [3.63, 3.8) is 0 Å². The van der Waals surface area contributed by atoms with Crippen molar-refractivity contribution < 1.29 is 9.59 Å². The summed E-state index contributed by atoms with van der Waals surface area (Å²) in [6.07, 6.45) is 0. The Morgan fingerprint density at radius 1 is 1.47 bits per heavy atom. The summed E-state index contributed by atoms with van der Waals surface area (Å²) in [7, 11) is 0. The Hall–Kier alpha value is -1.36. The van der Waals surface area contributed by atoms with Gasteiger partial charge in [-0.25, -0.2) is 0 Å². The molecule has 0 bridgehead atoms. The number of piperazine rings is 1. The molecule has 1 fully saturated rings. The van der Waals surface area contributed by atoms with Crippen LogP contribution in [0.1, 0.15) is 13.8 Å². The lowest BCUT2D eigenvalue weighted by atomic mass is 10.0. The number of nitrogens with one attached hydrogen (secondary N) is 1. The van der Waals surface area contributed by atoms with E-state index in [0.29, 0.717) is 0 Å². The van der Waals surface area contributed by atoms with E-state index in [-0.39, 0.29) is 18.4 Å². The molecule has 1 saturated heterocycles. The van der Waals surface area contributed by atoms with Crippen LogP contribution in [-0.4, -0.2) is 23.9 Å². The fourth-order valence-corrected chi connectivity index (χ4v) is 2.26. The Morgan fingerprint density at radius 2 is 2.20 bits per heavy atom. The van der Waals surface area contributed by atoms with E-state index in [1.54, 1.807) is 13.8 Å². The minimum atomic E-state index is -0.808. The molecule has 0 radical (unpaired) electrons. The molecule has 0 aromatic carbocycles. The van der Waals surface area contributed by atoms with Crippen LogP contribution in [0.15, 0.2) is 16.8 Å². The van der Waals surface area contributed by atoms with Gasteiger partial charge in [0, 0.05) is 5.38 Å². The zero-order valence-corrected chi connectivity index (χ0v) is 9.43. The third-order valence-electron chi connectivity index (χ3n) is 2.35. The minimum Gasteiger partial charge on any atom is -0.341 e. The molecule has 0 saturated carbocycles. The Kier molecular flexibility index (Phi) is 2.26. The first-order valence-electron chi connectivity index (χ1n) is 4.66. The van der Waals surface area contributed by atoms with Crippen molar-refractivity contribution in [2.24, 2.45) is 0 Å². The van der Waals surface area contributed by atoms with Crippen molar-refractivity contribution >= 4 is 28.8 Å². The lowest BCUT2D eigenvalue weighted by Crippen LogP contribution is -2.64.